The monoisotopic (exact) mass is 386 g/mol. The molecule has 0 radical (unpaired) electrons. The molecule has 1 unspecified atom stereocenters. The molecule has 8 nitrogen and oxygen atoms in total. The Kier molecular flexibility index (Phi) is 3.79. The van der Waals surface area contributed by atoms with Crippen molar-refractivity contribution in [2.45, 2.75) is 30.4 Å². The summed E-state index contributed by atoms with van der Waals surface area (Å²) in [7, 11) is 1.94. The van der Waals surface area contributed by atoms with Crippen LogP contribution in [0.4, 0.5) is 18.9 Å². The molecule has 146 valence electrons. The number of piperazine rings is 1. The second-order valence-corrected chi connectivity index (χ2v) is 6.97. The fourth-order valence-corrected chi connectivity index (χ4v) is 4.16. The topological polar surface area (TPSA) is 94.1 Å². The van der Waals surface area contributed by atoms with E-state index in [1.54, 1.807) is 0 Å². The molecule has 11 heteroatoms. The highest BCUT2D eigenvalue weighted by molar-refractivity contribution is 6.10. The van der Waals surface area contributed by atoms with E-state index in [1.807, 2.05) is 7.05 Å². The molecule has 1 aromatic rings. The average molecular weight is 386 g/mol. The summed E-state index contributed by atoms with van der Waals surface area (Å²) in [4.78, 5) is 29.0. The first-order valence-electron chi connectivity index (χ1n) is 8.30. The maximum absolute atomic E-state index is 13.2. The predicted octanol–water partition coefficient (Wildman–Crippen LogP) is 0.710. The molecule has 0 aromatic heterocycles. The maximum Gasteiger partial charge on any atom is 0.573 e. The van der Waals surface area contributed by atoms with Gasteiger partial charge in [-0.1, -0.05) is 12.1 Å². The number of carboxylic acids is 1. The third-order valence-corrected chi connectivity index (χ3v) is 5.45. The third-order valence-electron chi connectivity index (χ3n) is 5.45. The van der Waals surface area contributed by atoms with E-state index in [0.29, 0.717) is 13.1 Å². The minimum atomic E-state index is -4.95. The second-order valence-electron chi connectivity index (χ2n) is 6.97. The van der Waals surface area contributed by atoms with Gasteiger partial charge in [-0.2, -0.15) is 0 Å². The molecule has 1 aromatic carbocycles. The Hall–Kier alpha value is -2.53. The lowest BCUT2D eigenvalue weighted by Gasteiger charge is -2.36. The van der Waals surface area contributed by atoms with Crippen LogP contribution in [-0.4, -0.2) is 65.4 Å². The number of hydrazine groups is 1. The number of hydrogen-bond acceptors (Lipinski definition) is 6. The summed E-state index contributed by atoms with van der Waals surface area (Å²) < 4.78 is 41.9. The van der Waals surface area contributed by atoms with E-state index in [0.717, 1.165) is 12.5 Å². The van der Waals surface area contributed by atoms with Crippen molar-refractivity contribution in [1.29, 1.82) is 0 Å². The van der Waals surface area contributed by atoms with E-state index >= 15 is 0 Å². The van der Waals surface area contributed by atoms with Gasteiger partial charge in [0.2, 0.25) is 5.54 Å². The number of carboxylic acid groups (broad SMARTS) is 1. The smallest absolute Gasteiger partial charge is 0.479 e. The van der Waals surface area contributed by atoms with Crippen LogP contribution in [0.2, 0.25) is 0 Å². The molecule has 2 saturated heterocycles. The lowest BCUT2D eigenvalue weighted by molar-refractivity contribution is -0.274. The van der Waals surface area contributed by atoms with Crippen molar-refractivity contribution >= 4 is 17.6 Å². The highest BCUT2D eigenvalue weighted by atomic mass is 19.4. The number of amides is 1. The molecule has 0 aliphatic carbocycles. The van der Waals surface area contributed by atoms with Gasteiger partial charge in [0, 0.05) is 30.7 Å². The van der Waals surface area contributed by atoms with E-state index < -0.39 is 29.5 Å². The number of likely N-dealkylation sites (tertiary alicyclic amines) is 2. The van der Waals surface area contributed by atoms with Crippen LogP contribution in [0, 0.1) is 0 Å². The maximum atomic E-state index is 13.2. The highest BCUT2D eigenvalue weighted by Gasteiger charge is 2.58. The quantitative estimate of drug-likeness (QED) is 0.659. The Balaban J connectivity index is 1.73. The van der Waals surface area contributed by atoms with Crippen LogP contribution in [-0.2, 0) is 15.1 Å². The zero-order chi connectivity index (χ0) is 19.6. The number of para-hydroxylation sites is 1. The SMILES string of the molecule is CN1C[C@@H]2C[C@H]1CN2C(=O)C1(C(=O)O)NNc2c(OC(F)(F)F)cccc21. The summed E-state index contributed by atoms with van der Waals surface area (Å²) in [6.07, 6.45) is -4.20. The minimum absolute atomic E-state index is 0.113. The van der Waals surface area contributed by atoms with Crippen LogP contribution in [0.25, 0.3) is 0 Å². The second kappa shape index (κ2) is 5.73. The van der Waals surface area contributed by atoms with Gasteiger partial charge in [0.15, 0.2) is 5.75 Å². The predicted molar refractivity (Wildman–Crippen MR) is 85.7 cm³/mol. The molecule has 0 spiro atoms. The van der Waals surface area contributed by atoms with Gasteiger partial charge in [-0.25, -0.2) is 10.2 Å². The van der Waals surface area contributed by atoms with E-state index in [-0.39, 0.29) is 23.3 Å². The summed E-state index contributed by atoms with van der Waals surface area (Å²) in [6.45, 7) is 1.01. The summed E-state index contributed by atoms with van der Waals surface area (Å²) in [5.41, 5.74) is 2.27. The molecular weight excluding hydrogens is 369 g/mol. The van der Waals surface area contributed by atoms with Crippen LogP contribution < -0.4 is 15.6 Å². The minimum Gasteiger partial charge on any atom is -0.479 e. The summed E-state index contributed by atoms with van der Waals surface area (Å²) >= 11 is 0. The number of hydrogen-bond donors (Lipinski definition) is 3. The van der Waals surface area contributed by atoms with Crippen molar-refractivity contribution < 1.29 is 32.6 Å². The average Bonchev–Trinajstić information content (AvgIpc) is 3.24. The first-order chi connectivity index (χ1) is 12.6. The number of fused-ring (bicyclic) bond motifs is 3. The van der Waals surface area contributed by atoms with Gasteiger partial charge in [-0.05, 0) is 19.5 Å². The number of nitrogens with one attached hydrogen (secondary N) is 2. The van der Waals surface area contributed by atoms with Crippen molar-refractivity contribution in [2.75, 3.05) is 25.6 Å². The van der Waals surface area contributed by atoms with E-state index in [9.17, 15) is 27.9 Å². The van der Waals surface area contributed by atoms with E-state index in [1.165, 1.54) is 17.0 Å². The number of carbonyl (C=O) groups is 2. The Morgan fingerprint density at radius 2 is 2.04 bits per heavy atom. The number of halogens is 3. The molecule has 1 amide bonds. The molecule has 3 heterocycles. The number of rotatable bonds is 3. The van der Waals surface area contributed by atoms with Crippen molar-refractivity contribution in [3.05, 3.63) is 23.8 Å². The molecule has 3 aliphatic heterocycles. The third kappa shape index (κ3) is 2.60. The van der Waals surface area contributed by atoms with Crippen molar-refractivity contribution in [2.24, 2.45) is 0 Å². The summed E-state index contributed by atoms with van der Waals surface area (Å²) in [5, 5.41) is 9.86. The van der Waals surface area contributed by atoms with Crippen LogP contribution in [0.1, 0.15) is 12.0 Å². The fourth-order valence-electron chi connectivity index (χ4n) is 4.16. The van der Waals surface area contributed by atoms with Gasteiger partial charge < -0.3 is 20.2 Å². The lowest BCUT2D eigenvalue weighted by Crippen LogP contribution is -2.61. The molecule has 3 aliphatic rings. The molecule has 3 atom stereocenters. The molecule has 3 N–H and O–H groups in total. The largest absolute Gasteiger partial charge is 0.573 e. The summed E-state index contributed by atoms with van der Waals surface area (Å²) in [6, 6.07) is 3.61. The van der Waals surface area contributed by atoms with Crippen LogP contribution >= 0.6 is 0 Å². The number of likely N-dealkylation sites (N-methyl/N-ethyl adjacent to an activating group) is 1. The number of nitrogens with zero attached hydrogens (tertiary/aromatic N) is 2. The number of benzene rings is 1. The van der Waals surface area contributed by atoms with Crippen LogP contribution in [0.5, 0.6) is 5.75 Å². The van der Waals surface area contributed by atoms with Gasteiger partial charge in [0.25, 0.3) is 5.91 Å². The highest BCUT2D eigenvalue weighted by Crippen LogP contribution is 2.44. The first kappa shape index (κ1) is 17.9. The van der Waals surface area contributed by atoms with Gasteiger partial charge in [-0.3, -0.25) is 9.69 Å². The number of aliphatic carboxylic acids is 1. The fraction of sp³-hybridized carbons (Fsp3) is 0.500. The molecule has 27 heavy (non-hydrogen) atoms. The zero-order valence-corrected chi connectivity index (χ0v) is 14.2. The van der Waals surface area contributed by atoms with Gasteiger partial charge >= 0.3 is 12.3 Å². The number of alkyl halides is 3. The number of anilines is 1. The Morgan fingerprint density at radius 3 is 2.59 bits per heavy atom. The molecule has 2 bridgehead atoms. The van der Waals surface area contributed by atoms with Gasteiger partial charge in [0.1, 0.15) is 0 Å². The first-order valence-corrected chi connectivity index (χ1v) is 8.30. The number of ether oxygens (including phenoxy) is 1. The standard InChI is InChI=1S/C16H17F3N4O4/c1-22-6-9-5-8(22)7-23(9)13(24)15(14(25)26)10-3-2-4-11(12(10)20-21-15)27-16(17,18)19/h2-4,8-9,20-21H,5-7H2,1H3,(H,25,26)/t8-,9-,15?/m0/s1. The van der Waals surface area contributed by atoms with Crippen LogP contribution in [0.15, 0.2) is 18.2 Å². The lowest BCUT2D eigenvalue weighted by atomic mass is 9.88. The molecule has 4 rings (SSSR count). The Morgan fingerprint density at radius 1 is 1.30 bits per heavy atom. The Bertz CT molecular complexity index is 815. The normalized spacial score (nSPS) is 29.6. The number of carbonyl (C=O) groups excluding carboxylic acids is 1. The van der Waals surface area contributed by atoms with E-state index in [4.69, 9.17) is 0 Å². The van der Waals surface area contributed by atoms with Gasteiger partial charge in [0.05, 0.1) is 5.69 Å². The summed E-state index contributed by atoms with van der Waals surface area (Å²) in [5.74, 6) is -2.81. The molecule has 2 fully saturated rings. The molecule has 0 saturated carbocycles. The Labute approximate surface area is 151 Å². The van der Waals surface area contributed by atoms with Crippen molar-refractivity contribution in [3.63, 3.8) is 0 Å². The zero-order valence-electron chi connectivity index (χ0n) is 14.2. The van der Waals surface area contributed by atoms with Crippen molar-refractivity contribution in [1.82, 2.24) is 15.2 Å². The van der Waals surface area contributed by atoms with Crippen LogP contribution in [0.3, 0.4) is 0 Å². The van der Waals surface area contributed by atoms with E-state index in [2.05, 4.69) is 20.5 Å². The molecular formula is C16H17F3N4O4. The van der Waals surface area contributed by atoms with Crippen molar-refractivity contribution in [3.8, 4) is 5.75 Å². The van der Waals surface area contributed by atoms with Gasteiger partial charge in [-0.15, -0.1) is 13.2 Å².